The van der Waals surface area contributed by atoms with Gasteiger partial charge in [-0.1, -0.05) is 17.7 Å². The molecule has 3 aromatic heterocycles. The number of halogens is 1. The van der Waals surface area contributed by atoms with E-state index in [1.165, 1.54) is 6.20 Å². The van der Waals surface area contributed by atoms with Crippen LogP contribution in [-0.4, -0.2) is 25.8 Å². The predicted molar refractivity (Wildman–Crippen MR) is 77.7 cm³/mol. The van der Waals surface area contributed by atoms with E-state index in [2.05, 4.69) is 10.1 Å². The molecule has 1 N–H and O–H groups in total. The third kappa shape index (κ3) is 2.07. The number of carboxylic acid groups (broad SMARTS) is 1. The molecule has 0 atom stereocenters. The lowest BCUT2D eigenvalue weighted by Gasteiger charge is -2.02. The molecule has 3 aromatic rings. The first-order chi connectivity index (χ1) is 9.58. The first-order valence-corrected chi connectivity index (χ1v) is 7.11. The molecular weight excluding hydrogens is 298 g/mol. The Labute approximate surface area is 123 Å². The number of thiophene rings is 1. The van der Waals surface area contributed by atoms with E-state index < -0.39 is 5.97 Å². The minimum atomic E-state index is -1.09. The van der Waals surface area contributed by atoms with Gasteiger partial charge in [-0.25, -0.2) is 14.5 Å². The van der Waals surface area contributed by atoms with Crippen molar-refractivity contribution in [3.8, 4) is 0 Å². The van der Waals surface area contributed by atoms with E-state index in [0.717, 1.165) is 4.88 Å². The van der Waals surface area contributed by atoms with Gasteiger partial charge in [0, 0.05) is 11.1 Å². The van der Waals surface area contributed by atoms with Crippen molar-refractivity contribution in [3.63, 3.8) is 0 Å². The summed E-state index contributed by atoms with van der Waals surface area (Å²) in [7, 11) is 0. The molecule has 0 bridgehead atoms. The van der Waals surface area contributed by atoms with E-state index in [9.17, 15) is 4.79 Å². The van der Waals surface area contributed by atoms with E-state index in [1.807, 2.05) is 17.5 Å². The summed E-state index contributed by atoms with van der Waals surface area (Å²) in [6.07, 6.45) is 1.28. The lowest BCUT2D eigenvalue weighted by atomic mass is 10.2. The number of aryl methyl sites for hydroxylation is 1. The summed E-state index contributed by atoms with van der Waals surface area (Å²) in [5.74, 6) is -1.09. The van der Waals surface area contributed by atoms with Crippen LogP contribution in [0.3, 0.4) is 0 Å². The maximum Gasteiger partial charge on any atom is 0.338 e. The highest BCUT2D eigenvalue weighted by atomic mass is 35.5. The van der Waals surface area contributed by atoms with E-state index in [-0.39, 0.29) is 10.6 Å². The third-order valence-electron chi connectivity index (χ3n) is 2.99. The molecule has 5 nitrogen and oxygen atoms in total. The van der Waals surface area contributed by atoms with Crippen molar-refractivity contribution >= 4 is 39.9 Å². The highest BCUT2D eigenvalue weighted by molar-refractivity contribution is 7.09. The van der Waals surface area contributed by atoms with Crippen LogP contribution < -0.4 is 0 Å². The molecule has 0 saturated carbocycles. The van der Waals surface area contributed by atoms with Crippen LogP contribution in [0.1, 0.15) is 20.9 Å². The van der Waals surface area contributed by atoms with Gasteiger partial charge in [-0.05, 0) is 18.4 Å². The van der Waals surface area contributed by atoms with Crippen LogP contribution in [0.5, 0.6) is 0 Å². The SMILES string of the molecule is Cc1nn(Cc2cccs2)c2ncc(C(=O)O)c(Cl)c12. The summed E-state index contributed by atoms with van der Waals surface area (Å²) in [5.41, 5.74) is 1.28. The zero-order valence-electron chi connectivity index (χ0n) is 10.5. The first-order valence-electron chi connectivity index (χ1n) is 5.85. The van der Waals surface area contributed by atoms with Crippen LogP contribution in [0, 0.1) is 6.92 Å². The van der Waals surface area contributed by atoms with Gasteiger partial charge in [0.15, 0.2) is 5.65 Å². The molecule has 0 amide bonds. The van der Waals surface area contributed by atoms with E-state index >= 15 is 0 Å². The van der Waals surface area contributed by atoms with Gasteiger partial charge in [0.1, 0.15) is 0 Å². The number of pyridine rings is 1. The van der Waals surface area contributed by atoms with Gasteiger partial charge in [0.2, 0.25) is 0 Å². The maximum absolute atomic E-state index is 11.1. The monoisotopic (exact) mass is 307 g/mol. The van der Waals surface area contributed by atoms with E-state index in [4.69, 9.17) is 16.7 Å². The lowest BCUT2D eigenvalue weighted by molar-refractivity contribution is 0.0697. The number of hydrogen-bond donors (Lipinski definition) is 1. The second-order valence-corrected chi connectivity index (χ2v) is 5.72. The van der Waals surface area contributed by atoms with Gasteiger partial charge in [-0.2, -0.15) is 5.10 Å². The molecule has 3 rings (SSSR count). The highest BCUT2D eigenvalue weighted by Crippen LogP contribution is 2.29. The molecule has 0 aliphatic carbocycles. The van der Waals surface area contributed by atoms with Crippen molar-refractivity contribution < 1.29 is 9.90 Å². The molecule has 0 aliphatic rings. The van der Waals surface area contributed by atoms with Crippen molar-refractivity contribution in [1.82, 2.24) is 14.8 Å². The molecule has 0 spiro atoms. The average Bonchev–Trinajstić information content (AvgIpc) is 2.99. The molecule has 0 aromatic carbocycles. The molecule has 0 unspecified atom stereocenters. The molecule has 7 heteroatoms. The molecule has 102 valence electrons. The Kier molecular flexibility index (Phi) is 3.19. The molecule has 0 radical (unpaired) electrons. The van der Waals surface area contributed by atoms with Crippen molar-refractivity contribution in [2.75, 3.05) is 0 Å². The number of aromatic carboxylic acids is 1. The zero-order chi connectivity index (χ0) is 14.3. The molecule has 0 aliphatic heterocycles. The Hall–Kier alpha value is -1.92. The predicted octanol–water partition coefficient (Wildman–Crippen LogP) is 3.20. The fourth-order valence-corrected chi connectivity index (χ4v) is 3.12. The van der Waals surface area contributed by atoms with Crippen molar-refractivity contribution in [3.05, 3.63) is 44.9 Å². The van der Waals surface area contributed by atoms with Crippen LogP contribution in [-0.2, 0) is 6.54 Å². The number of rotatable bonds is 3. The smallest absolute Gasteiger partial charge is 0.338 e. The minimum Gasteiger partial charge on any atom is -0.478 e. The third-order valence-corrected chi connectivity index (χ3v) is 4.24. The fourth-order valence-electron chi connectivity index (χ4n) is 2.08. The molecule has 0 fully saturated rings. The first kappa shape index (κ1) is 13.1. The van der Waals surface area contributed by atoms with Gasteiger partial charge in [-0.3, -0.25) is 0 Å². The van der Waals surface area contributed by atoms with Crippen LogP contribution in [0.25, 0.3) is 11.0 Å². The number of carbonyl (C=O) groups is 1. The van der Waals surface area contributed by atoms with E-state index in [1.54, 1.807) is 22.9 Å². The number of aromatic nitrogens is 3. The van der Waals surface area contributed by atoms with Crippen LogP contribution in [0.2, 0.25) is 5.02 Å². The van der Waals surface area contributed by atoms with Crippen LogP contribution in [0.4, 0.5) is 0 Å². The summed E-state index contributed by atoms with van der Waals surface area (Å²) >= 11 is 7.80. The summed E-state index contributed by atoms with van der Waals surface area (Å²) in [5, 5.41) is 16.3. The number of carboxylic acids is 1. The average molecular weight is 308 g/mol. The molecule has 20 heavy (non-hydrogen) atoms. The number of hydrogen-bond acceptors (Lipinski definition) is 4. The summed E-state index contributed by atoms with van der Waals surface area (Å²) in [4.78, 5) is 16.4. The second kappa shape index (κ2) is 4.88. The minimum absolute atomic E-state index is 0.00191. The summed E-state index contributed by atoms with van der Waals surface area (Å²) in [6.45, 7) is 2.39. The number of nitrogens with zero attached hydrogens (tertiary/aromatic N) is 3. The zero-order valence-corrected chi connectivity index (χ0v) is 12.1. The van der Waals surface area contributed by atoms with Gasteiger partial charge < -0.3 is 5.11 Å². The molecule has 0 saturated heterocycles. The quantitative estimate of drug-likeness (QED) is 0.807. The Morgan fingerprint density at radius 3 is 3.00 bits per heavy atom. The standard InChI is InChI=1S/C13H10ClN3O2S/c1-7-10-11(14)9(13(18)19)5-15-12(10)17(16-7)6-8-3-2-4-20-8/h2-5H,6H2,1H3,(H,18,19). The molecular formula is C13H10ClN3O2S. The Morgan fingerprint density at radius 2 is 2.35 bits per heavy atom. The van der Waals surface area contributed by atoms with Gasteiger partial charge in [0.25, 0.3) is 0 Å². The fraction of sp³-hybridized carbons (Fsp3) is 0.154. The van der Waals surface area contributed by atoms with Crippen molar-refractivity contribution in [2.45, 2.75) is 13.5 Å². The Balaban J connectivity index is 2.17. The highest BCUT2D eigenvalue weighted by Gasteiger charge is 2.18. The largest absolute Gasteiger partial charge is 0.478 e. The molecule has 3 heterocycles. The topological polar surface area (TPSA) is 68.0 Å². The summed E-state index contributed by atoms with van der Waals surface area (Å²) in [6, 6.07) is 3.99. The van der Waals surface area contributed by atoms with Crippen LogP contribution >= 0.6 is 22.9 Å². The lowest BCUT2D eigenvalue weighted by Crippen LogP contribution is -2.03. The normalized spacial score (nSPS) is 11.1. The van der Waals surface area contributed by atoms with Crippen LogP contribution in [0.15, 0.2) is 23.7 Å². The van der Waals surface area contributed by atoms with Crippen molar-refractivity contribution in [2.24, 2.45) is 0 Å². The van der Waals surface area contributed by atoms with Gasteiger partial charge >= 0.3 is 5.97 Å². The van der Waals surface area contributed by atoms with Gasteiger partial charge in [-0.15, -0.1) is 11.3 Å². The Bertz CT molecular complexity index is 796. The van der Waals surface area contributed by atoms with Gasteiger partial charge in [0.05, 0.1) is 28.2 Å². The van der Waals surface area contributed by atoms with E-state index in [0.29, 0.717) is 23.3 Å². The Morgan fingerprint density at radius 1 is 1.55 bits per heavy atom. The summed E-state index contributed by atoms with van der Waals surface area (Å²) < 4.78 is 1.74. The maximum atomic E-state index is 11.1. The number of fused-ring (bicyclic) bond motifs is 1. The van der Waals surface area contributed by atoms with Crippen molar-refractivity contribution in [1.29, 1.82) is 0 Å². The second-order valence-electron chi connectivity index (χ2n) is 4.31.